The van der Waals surface area contributed by atoms with Crippen molar-refractivity contribution < 1.29 is 4.79 Å². The van der Waals surface area contributed by atoms with Crippen LogP contribution in [0.25, 0.3) is 0 Å². The van der Waals surface area contributed by atoms with E-state index in [1.807, 2.05) is 18.9 Å². The van der Waals surface area contributed by atoms with Gasteiger partial charge in [0, 0.05) is 39.8 Å². The minimum absolute atomic E-state index is 0.0193. The van der Waals surface area contributed by atoms with Gasteiger partial charge in [-0.25, -0.2) is 0 Å². The van der Waals surface area contributed by atoms with E-state index in [1.54, 1.807) is 0 Å². The van der Waals surface area contributed by atoms with Crippen molar-refractivity contribution in [3.63, 3.8) is 0 Å². The lowest BCUT2D eigenvalue weighted by Crippen LogP contribution is -2.53. The van der Waals surface area contributed by atoms with Crippen LogP contribution >= 0.6 is 0 Å². The Balaban J connectivity index is 2.45. The van der Waals surface area contributed by atoms with Crippen LogP contribution in [0.1, 0.15) is 20.8 Å². The largest absolute Gasteiger partial charge is 0.344 e. The van der Waals surface area contributed by atoms with Gasteiger partial charge < -0.3 is 10.2 Å². The summed E-state index contributed by atoms with van der Waals surface area (Å²) in [6, 6.07) is 0.0193. The highest BCUT2D eigenvalue weighted by atomic mass is 16.2. The predicted octanol–water partition coefficient (Wildman–Crippen LogP) is 0.395. The van der Waals surface area contributed by atoms with E-state index in [4.69, 9.17) is 0 Å². The molecule has 0 spiro atoms. The Kier molecular flexibility index (Phi) is 5.22. The van der Waals surface area contributed by atoms with E-state index in [2.05, 4.69) is 24.1 Å². The van der Waals surface area contributed by atoms with Gasteiger partial charge in [-0.1, -0.05) is 13.8 Å². The van der Waals surface area contributed by atoms with Crippen LogP contribution in [0.3, 0.4) is 0 Å². The first kappa shape index (κ1) is 13.5. The number of piperazine rings is 1. The number of hydrogen-bond acceptors (Lipinski definition) is 3. The molecule has 16 heavy (non-hydrogen) atoms. The SMILES string of the molecule is CC(C)CN(C)C(=O)C(C)N1CCNCC1. The van der Waals surface area contributed by atoms with Crippen molar-refractivity contribution >= 4 is 5.91 Å². The molecule has 4 heteroatoms. The Labute approximate surface area is 99.0 Å². The van der Waals surface area contributed by atoms with Crippen molar-refractivity contribution in [3.05, 3.63) is 0 Å². The molecule has 4 nitrogen and oxygen atoms in total. The molecule has 0 bridgehead atoms. The molecule has 0 aromatic carbocycles. The van der Waals surface area contributed by atoms with E-state index < -0.39 is 0 Å². The number of hydrogen-bond donors (Lipinski definition) is 1. The molecule has 1 N–H and O–H groups in total. The molecule has 1 fully saturated rings. The Morgan fingerprint density at radius 1 is 1.31 bits per heavy atom. The summed E-state index contributed by atoms with van der Waals surface area (Å²) in [6.45, 7) is 11.1. The lowest BCUT2D eigenvalue weighted by atomic mass is 10.1. The summed E-state index contributed by atoms with van der Waals surface area (Å²) in [5.74, 6) is 0.778. The van der Waals surface area contributed by atoms with Gasteiger partial charge in [-0.05, 0) is 12.8 Å². The van der Waals surface area contributed by atoms with Gasteiger partial charge in [0.2, 0.25) is 5.91 Å². The highest BCUT2D eigenvalue weighted by Crippen LogP contribution is 2.06. The number of nitrogens with zero attached hydrogens (tertiary/aromatic N) is 2. The van der Waals surface area contributed by atoms with Crippen LogP contribution in [0.2, 0.25) is 0 Å². The normalized spacial score (nSPS) is 19.8. The van der Waals surface area contributed by atoms with Gasteiger partial charge in [0.15, 0.2) is 0 Å². The second kappa shape index (κ2) is 6.21. The van der Waals surface area contributed by atoms with Crippen molar-refractivity contribution in [2.75, 3.05) is 39.8 Å². The molecular formula is C12H25N3O. The van der Waals surface area contributed by atoms with E-state index in [9.17, 15) is 4.79 Å². The fourth-order valence-electron chi connectivity index (χ4n) is 2.18. The first-order valence-corrected chi connectivity index (χ1v) is 6.22. The Morgan fingerprint density at radius 2 is 1.88 bits per heavy atom. The van der Waals surface area contributed by atoms with Gasteiger partial charge in [0.25, 0.3) is 0 Å². The number of nitrogens with one attached hydrogen (secondary N) is 1. The van der Waals surface area contributed by atoms with E-state index in [1.165, 1.54) is 0 Å². The minimum Gasteiger partial charge on any atom is -0.344 e. The second-order valence-electron chi connectivity index (χ2n) is 5.07. The Hall–Kier alpha value is -0.610. The van der Waals surface area contributed by atoms with Gasteiger partial charge in [0.1, 0.15) is 0 Å². The maximum absolute atomic E-state index is 12.1. The number of rotatable bonds is 4. The molecule has 1 atom stereocenters. The molecule has 94 valence electrons. The summed E-state index contributed by atoms with van der Waals surface area (Å²) in [4.78, 5) is 16.3. The predicted molar refractivity (Wildman–Crippen MR) is 66.4 cm³/mol. The van der Waals surface area contributed by atoms with Crippen LogP contribution in [0.4, 0.5) is 0 Å². The molecular weight excluding hydrogens is 202 g/mol. The standard InChI is InChI=1S/C12H25N3O/c1-10(2)9-14(4)12(16)11(3)15-7-5-13-6-8-15/h10-11,13H,5-9H2,1-4H3. The topological polar surface area (TPSA) is 35.6 Å². The first-order valence-electron chi connectivity index (χ1n) is 6.22. The first-order chi connectivity index (χ1) is 7.52. The van der Waals surface area contributed by atoms with Crippen LogP contribution in [0.15, 0.2) is 0 Å². The van der Waals surface area contributed by atoms with Crippen molar-refractivity contribution in [2.45, 2.75) is 26.8 Å². The average Bonchev–Trinajstić information content (AvgIpc) is 2.27. The number of carbonyl (C=O) groups excluding carboxylic acids is 1. The van der Waals surface area contributed by atoms with Gasteiger partial charge >= 0.3 is 0 Å². The Morgan fingerprint density at radius 3 is 2.38 bits per heavy atom. The van der Waals surface area contributed by atoms with E-state index in [0.29, 0.717) is 5.92 Å². The Bertz CT molecular complexity index is 224. The van der Waals surface area contributed by atoms with E-state index in [-0.39, 0.29) is 11.9 Å². The molecule has 1 heterocycles. The fraction of sp³-hybridized carbons (Fsp3) is 0.917. The highest BCUT2D eigenvalue weighted by Gasteiger charge is 2.25. The summed E-state index contributed by atoms with van der Waals surface area (Å²) in [6.07, 6.45) is 0. The molecule has 0 radical (unpaired) electrons. The molecule has 0 aromatic rings. The van der Waals surface area contributed by atoms with Crippen molar-refractivity contribution in [1.29, 1.82) is 0 Å². The minimum atomic E-state index is 0.0193. The summed E-state index contributed by atoms with van der Waals surface area (Å²) in [5.41, 5.74) is 0. The third kappa shape index (κ3) is 3.76. The van der Waals surface area contributed by atoms with Crippen LogP contribution in [-0.2, 0) is 4.79 Å². The number of amides is 1. The van der Waals surface area contributed by atoms with Crippen LogP contribution in [-0.4, -0.2) is 61.5 Å². The lowest BCUT2D eigenvalue weighted by molar-refractivity contribution is -0.135. The van der Waals surface area contributed by atoms with Crippen molar-refractivity contribution in [1.82, 2.24) is 15.1 Å². The molecule has 1 rings (SSSR count). The van der Waals surface area contributed by atoms with Gasteiger partial charge in [-0.15, -0.1) is 0 Å². The zero-order valence-corrected chi connectivity index (χ0v) is 11.0. The van der Waals surface area contributed by atoms with Crippen molar-refractivity contribution in [3.8, 4) is 0 Å². The molecule has 1 aliphatic heterocycles. The molecule has 1 saturated heterocycles. The zero-order valence-electron chi connectivity index (χ0n) is 11.0. The maximum Gasteiger partial charge on any atom is 0.239 e. The van der Waals surface area contributed by atoms with E-state index >= 15 is 0 Å². The molecule has 1 amide bonds. The van der Waals surface area contributed by atoms with Crippen LogP contribution in [0, 0.1) is 5.92 Å². The molecule has 1 aliphatic rings. The van der Waals surface area contributed by atoms with Crippen LogP contribution in [0.5, 0.6) is 0 Å². The number of likely N-dealkylation sites (N-methyl/N-ethyl adjacent to an activating group) is 1. The third-order valence-corrected chi connectivity index (χ3v) is 3.07. The smallest absolute Gasteiger partial charge is 0.239 e. The summed E-state index contributed by atoms with van der Waals surface area (Å²) >= 11 is 0. The lowest BCUT2D eigenvalue weighted by Gasteiger charge is -2.34. The zero-order chi connectivity index (χ0) is 12.1. The van der Waals surface area contributed by atoms with E-state index in [0.717, 1.165) is 32.7 Å². The average molecular weight is 227 g/mol. The molecule has 0 aromatic heterocycles. The monoisotopic (exact) mass is 227 g/mol. The fourth-order valence-corrected chi connectivity index (χ4v) is 2.18. The third-order valence-electron chi connectivity index (χ3n) is 3.07. The molecule has 0 aliphatic carbocycles. The van der Waals surface area contributed by atoms with Crippen molar-refractivity contribution in [2.24, 2.45) is 5.92 Å². The van der Waals surface area contributed by atoms with Crippen LogP contribution < -0.4 is 5.32 Å². The maximum atomic E-state index is 12.1. The molecule has 1 unspecified atom stereocenters. The van der Waals surface area contributed by atoms with Gasteiger partial charge in [-0.3, -0.25) is 9.69 Å². The summed E-state index contributed by atoms with van der Waals surface area (Å²) < 4.78 is 0. The van der Waals surface area contributed by atoms with Gasteiger partial charge in [-0.2, -0.15) is 0 Å². The summed E-state index contributed by atoms with van der Waals surface area (Å²) in [5, 5.41) is 3.30. The highest BCUT2D eigenvalue weighted by molar-refractivity contribution is 5.81. The second-order valence-corrected chi connectivity index (χ2v) is 5.07. The quantitative estimate of drug-likeness (QED) is 0.755. The summed E-state index contributed by atoms with van der Waals surface area (Å²) in [7, 11) is 1.90. The molecule has 0 saturated carbocycles. The number of carbonyl (C=O) groups is 1. The van der Waals surface area contributed by atoms with Gasteiger partial charge in [0.05, 0.1) is 6.04 Å².